The third kappa shape index (κ3) is 3.61. The van der Waals surface area contributed by atoms with Crippen molar-refractivity contribution in [2.45, 2.75) is 40.2 Å². The van der Waals surface area contributed by atoms with E-state index in [0.29, 0.717) is 0 Å². The summed E-state index contributed by atoms with van der Waals surface area (Å²) < 4.78 is 0. The number of aromatic nitrogens is 1. The molecule has 0 radical (unpaired) electrons. The van der Waals surface area contributed by atoms with E-state index < -0.39 is 0 Å². The fourth-order valence-electron chi connectivity index (χ4n) is 2.57. The minimum atomic E-state index is 0.0531. The lowest BCUT2D eigenvalue weighted by Gasteiger charge is -2.25. The number of hydrogen-bond donors (Lipinski definition) is 1. The fraction of sp³-hybridized carbons (Fsp3) is 0.389. The molecule has 1 aromatic carbocycles. The first-order valence-corrected chi connectivity index (χ1v) is 7.63. The first-order chi connectivity index (χ1) is 10.2. The van der Waals surface area contributed by atoms with Crippen LogP contribution in [-0.4, -0.2) is 16.6 Å². The fourth-order valence-corrected chi connectivity index (χ4v) is 2.57. The van der Waals surface area contributed by atoms with E-state index in [1.165, 1.54) is 11.3 Å². The molecule has 2 aromatic rings. The van der Waals surface area contributed by atoms with Crippen LogP contribution in [0.25, 0.3) is 0 Å². The summed E-state index contributed by atoms with van der Waals surface area (Å²) in [6, 6.07) is 12.3. The zero-order valence-corrected chi connectivity index (χ0v) is 13.1. The molecule has 0 aliphatic rings. The van der Waals surface area contributed by atoms with Crippen molar-refractivity contribution >= 4 is 11.5 Å². The number of anilines is 2. The number of nitrogens with zero attached hydrogens (tertiary/aromatic N) is 2. The van der Waals surface area contributed by atoms with Crippen LogP contribution in [0.3, 0.4) is 0 Å². The summed E-state index contributed by atoms with van der Waals surface area (Å²) in [4.78, 5) is 6.98. The SMILES string of the molecule is CCCc1cc(CO)cc(N(CC)c2ccccc2C)n1. The molecule has 0 aliphatic heterocycles. The Hall–Kier alpha value is -1.87. The van der Waals surface area contributed by atoms with Gasteiger partial charge >= 0.3 is 0 Å². The van der Waals surface area contributed by atoms with Gasteiger partial charge in [-0.3, -0.25) is 0 Å². The van der Waals surface area contributed by atoms with E-state index in [9.17, 15) is 5.11 Å². The van der Waals surface area contributed by atoms with Gasteiger partial charge in [0, 0.05) is 17.9 Å². The van der Waals surface area contributed by atoms with Crippen LogP contribution >= 0.6 is 0 Å². The second kappa shape index (κ2) is 7.23. The highest BCUT2D eigenvalue weighted by atomic mass is 16.3. The molecular formula is C18H24N2O. The minimum absolute atomic E-state index is 0.0531. The van der Waals surface area contributed by atoms with Crippen molar-refractivity contribution in [2.75, 3.05) is 11.4 Å². The highest BCUT2D eigenvalue weighted by Crippen LogP contribution is 2.27. The quantitative estimate of drug-likeness (QED) is 0.871. The monoisotopic (exact) mass is 284 g/mol. The molecule has 2 rings (SSSR count). The summed E-state index contributed by atoms with van der Waals surface area (Å²) in [5.41, 5.74) is 4.37. The Morgan fingerprint density at radius 2 is 1.90 bits per heavy atom. The molecule has 0 spiro atoms. The molecule has 3 nitrogen and oxygen atoms in total. The van der Waals surface area contributed by atoms with Gasteiger partial charge in [-0.2, -0.15) is 0 Å². The van der Waals surface area contributed by atoms with E-state index in [1.807, 2.05) is 24.3 Å². The molecule has 21 heavy (non-hydrogen) atoms. The number of benzene rings is 1. The second-order valence-corrected chi connectivity index (χ2v) is 5.26. The lowest BCUT2D eigenvalue weighted by atomic mass is 10.1. The summed E-state index contributed by atoms with van der Waals surface area (Å²) in [7, 11) is 0. The van der Waals surface area contributed by atoms with Crippen molar-refractivity contribution in [1.29, 1.82) is 0 Å². The van der Waals surface area contributed by atoms with Gasteiger partial charge in [-0.05, 0) is 49.6 Å². The Labute approximate surface area is 127 Å². The summed E-state index contributed by atoms with van der Waals surface area (Å²) in [5.74, 6) is 0.918. The maximum absolute atomic E-state index is 9.49. The number of rotatable bonds is 6. The molecular weight excluding hydrogens is 260 g/mol. The predicted molar refractivity (Wildman–Crippen MR) is 88.0 cm³/mol. The first-order valence-electron chi connectivity index (χ1n) is 7.63. The summed E-state index contributed by atoms with van der Waals surface area (Å²) in [5, 5.41) is 9.49. The van der Waals surface area contributed by atoms with Crippen molar-refractivity contribution in [3.63, 3.8) is 0 Å². The summed E-state index contributed by atoms with van der Waals surface area (Å²) >= 11 is 0. The smallest absolute Gasteiger partial charge is 0.133 e. The highest BCUT2D eigenvalue weighted by Gasteiger charge is 2.12. The van der Waals surface area contributed by atoms with Crippen molar-refractivity contribution < 1.29 is 5.11 Å². The predicted octanol–water partition coefficient (Wildman–Crippen LogP) is 3.99. The van der Waals surface area contributed by atoms with E-state index in [0.717, 1.165) is 36.5 Å². The van der Waals surface area contributed by atoms with Crippen LogP contribution < -0.4 is 4.90 Å². The molecule has 0 saturated carbocycles. The van der Waals surface area contributed by atoms with E-state index in [1.54, 1.807) is 0 Å². The van der Waals surface area contributed by atoms with Crippen LogP contribution in [0.2, 0.25) is 0 Å². The van der Waals surface area contributed by atoms with Gasteiger partial charge < -0.3 is 10.0 Å². The molecule has 1 N–H and O–H groups in total. The average molecular weight is 284 g/mol. The van der Waals surface area contributed by atoms with Crippen molar-refractivity contribution in [3.8, 4) is 0 Å². The Morgan fingerprint density at radius 3 is 2.52 bits per heavy atom. The summed E-state index contributed by atoms with van der Waals surface area (Å²) in [6.07, 6.45) is 1.99. The highest BCUT2D eigenvalue weighted by molar-refractivity contribution is 5.64. The third-order valence-electron chi connectivity index (χ3n) is 3.61. The van der Waals surface area contributed by atoms with E-state index >= 15 is 0 Å². The van der Waals surface area contributed by atoms with Crippen LogP contribution in [0.4, 0.5) is 11.5 Å². The van der Waals surface area contributed by atoms with Gasteiger partial charge in [0.1, 0.15) is 5.82 Å². The number of hydrogen-bond acceptors (Lipinski definition) is 3. The van der Waals surface area contributed by atoms with E-state index in [4.69, 9.17) is 4.98 Å². The maximum atomic E-state index is 9.49. The van der Waals surface area contributed by atoms with Crippen LogP contribution in [0, 0.1) is 6.92 Å². The summed E-state index contributed by atoms with van der Waals surface area (Å²) in [6.45, 7) is 7.28. The zero-order valence-electron chi connectivity index (χ0n) is 13.1. The Morgan fingerprint density at radius 1 is 1.14 bits per heavy atom. The minimum Gasteiger partial charge on any atom is -0.392 e. The van der Waals surface area contributed by atoms with Gasteiger partial charge in [0.05, 0.1) is 6.61 Å². The van der Waals surface area contributed by atoms with Crippen molar-refractivity contribution in [1.82, 2.24) is 4.98 Å². The maximum Gasteiger partial charge on any atom is 0.133 e. The number of aryl methyl sites for hydroxylation is 2. The van der Waals surface area contributed by atoms with Crippen molar-refractivity contribution in [3.05, 3.63) is 53.2 Å². The van der Waals surface area contributed by atoms with Gasteiger partial charge in [-0.25, -0.2) is 4.98 Å². The van der Waals surface area contributed by atoms with Crippen LogP contribution in [0.15, 0.2) is 36.4 Å². The normalized spacial score (nSPS) is 10.7. The number of para-hydroxylation sites is 1. The number of pyridine rings is 1. The molecule has 1 aromatic heterocycles. The van der Waals surface area contributed by atoms with Crippen LogP contribution in [-0.2, 0) is 13.0 Å². The Balaban J connectivity index is 2.46. The molecule has 0 unspecified atom stereocenters. The molecule has 1 heterocycles. The lowest BCUT2D eigenvalue weighted by Crippen LogP contribution is -2.19. The number of aliphatic hydroxyl groups is 1. The molecule has 0 saturated heterocycles. The van der Waals surface area contributed by atoms with Crippen LogP contribution in [0.5, 0.6) is 0 Å². The number of aliphatic hydroxyl groups excluding tert-OH is 1. The van der Waals surface area contributed by atoms with Gasteiger partial charge in [0.2, 0.25) is 0 Å². The van der Waals surface area contributed by atoms with Crippen LogP contribution in [0.1, 0.15) is 37.1 Å². The molecule has 112 valence electrons. The Bertz CT molecular complexity index is 596. The standard InChI is InChI=1S/C18H24N2O/c1-4-8-16-11-15(13-21)12-18(19-16)20(5-2)17-10-7-6-9-14(17)3/h6-7,9-12,21H,4-5,8,13H2,1-3H3. The van der Waals surface area contributed by atoms with E-state index in [-0.39, 0.29) is 6.61 Å². The van der Waals surface area contributed by atoms with Gasteiger partial charge in [-0.15, -0.1) is 0 Å². The van der Waals surface area contributed by atoms with Gasteiger partial charge in [-0.1, -0.05) is 31.5 Å². The topological polar surface area (TPSA) is 36.4 Å². The molecule has 0 bridgehead atoms. The molecule has 0 aliphatic carbocycles. The average Bonchev–Trinajstić information content (AvgIpc) is 2.50. The van der Waals surface area contributed by atoms with Crippen molar-refractivity contribution in [2.24, 2.45) is 0 Å². The first kappa shape index (κ1) is 15.5. The lowest BCUT2D eigenvalue weighted by molar-refractivity contribution is 0.281. The Kier molecular flexibility index (Phi) is 5.34. The van der Waals surface area contributed by atoms with E-state index in [2.05, 4.69) is 37.8 Å². The van der Waals surface area contributed by atoms with Gasteiger partial charge in [0.25, 0.3) is 0 Å². The zero-order chi connectivity index (χ0) is 15.2. The molecule has 0 amide bonds. The largest absolute Gasteiger partial charge is 0.392 e. The third-order valence-corrected chi connectivity index (χ3v) is 3.61. The van der Waals surface area contributed by atoms with Gasteiger partial charge in [0.15, 0.2) is 0 Å². The second-order valence-electron chi connectivity index (χ2n) is 5.26. The molecule has 3 heteroatoms. The molecule has 0 fully saturated rings. The molecule has 0 atom stereocenters.